The number of phenols is 1. The first-order valence-electron chi connectivity index (χ1n) is 21.9. The Labute approximate surface area is 371 Å². The molecule has 0 saturated heterocycles. The molecule has 306 valence electrons. The summed E-state index contributed by atoms with van der Waals surface area (Å²) >= 11 is 0. The molecule has 5 aromatic heterocycles. The van der Waals surface area contributed by atoms with Crippen molar-refractivity contribution in [1.82, 2.24) is 14.5 Å². The molecule has 8 aromatic carbocycles. The van der Waals surface area contributed by atoms with Gasteiger partial charge in [-0.05, 0) is 125 Å². The van der Waals surface area contributed by atoms with E-state index in [1.165, 1.54) is 0 Å². The lowest BCUT2D eigenvalue weighted by molar-refractivity contribution is 0.476. The van der Waals surface area contributed by atoms with E-state index in [1.54, 1.807) is 6.07 Å². The Balaban J connectivity index is 1.00. The van der Waals surface area contributed by atoms with Gasteiger partial charge < -0.3 is 18.4 Å². The van der Waals surface area contributed by atoms with Gasteiger partial charge >= 0.3 is 0 Å². The highest BCUT2D eigenvalue weighted by atomic mass is 16.3. The fourth-order valence-corrected chi connectivity index (χ4v) is 10.1. The molecule has 0 amide bonds. The summed E-state index contributed by atoms with van der Waals surface area (Å²) in [6, 6.07) is 60.1. The summed E-state index contributed by atoms with van der Waals surface area (Å²) in [6.45, 7) is 0. The summed E-state index contributed by atoms with van der Waals surface area (Å²) in [5, 5.41) is 17.8. The molecule has 14 rings (SSSR count). The van der Waals surface area contributed by atoms with Crippen molar-refractivity contribution in [3.05, 3.63) is 193 Å². The van der Waals surface area contributed by atoms with Crippen molar-refractivity contribution >= 4 is 65.8 Å². The normalized spacial score (nSPS) is 12.6. The molecule has 0 spiro atoms. The average Bonchev–Trinajstić information content (AvgIpc) is 4.15. The molecule has 7 nitrogen and oxygen atoms in total. The number of furan rings is 3. The van der Waals surface area contributed by atoms with Crippen LogP contribution in [0.3, 0.4) is 0 Å². The lowest BCUT2D eigenvalue weighted by atomic mass is 9.84. The van der Waals surface area contributed by atoms with Crippen LogP contribution in [0.5, 0.6) is 5.75 Å². The van der Waals surface area contributed by atoms with Gasteiger partial charge in [-0.1, -0.05) is 91.0 Å². The lowest BCUT2D eigenvalue weighted by Gasteiger charge is -2.23. The number of hydrogen-bond acceptors (Lipinski definition) is 6. The van der Waals surface area contributed by atoms with Gasteiger partial charge in [0.2, 0.25) is 0 Å². The minimum Gasteiger partial charge on any atom is -0.507 e. The Morgan fingerprint density at radius 1 is 0.431 bits per heavy atom. The summed E-state index contributed by atoms with van der Waals surface area (Å²) in [5.41, 5.74) is 16.2. The van der Waals surface area contributed by atoms with Crippen LogP contribution in [0.1, 0.15) is 11.1 Å². The molecule has 0 radical (unpaired) electrons. The second-order valence-corrected chi connectivity index (χ2v) is 17.0. The molecule has 0 fully saturated rings. The van der Waals surface area contributed by atoms with Crippen LogP contribution in [0.2, 0.25) is 0 Å². The number of hydrogen-bond donors (Lipinski definition) is 1. The third-order valence-corrected chi connectivity index (χ3v) is 13.3. The van der Waals surface area contributed by atoms with Gasteiger partial charge in [-0.2, -0.15) is 0 Å². The topological polar surface area (TPSA) is 90.4 Å². The van der Waals surface area contributed by atoms with Crippen LogP contribution < -0.4 is 0 Å². The number of phenolic OH excluding ortho intramolecular Hbond substituents is 1. The summed E-state index contributed by atoms with van der Waals surface area (Å²) < 4.78 is 21.2. The van der Waals surface area contributed by atoms with Gasteiger partial charge in [0.25, 0.3) is 0 Å². The van der Waals surface area contributed by atoms with Crippen LogP contribution in [0.4, 0.5) is 0 Å². The van der Waals surface area contributed by atoms with Gasteiger partial charge in [0.15, 0.2) is 0 Å². The Kier molecular flexibility index (Phi) is 7.54. The number of imidazole rings is 1. The molecule has 0 atom stereocenters. The monoisotopic (exact) mass is 837 g/mol. The van der Waals surface area contributed by atoms with Crippen molar-refractivity contribution in [2.45, 2.75) is 12.8 Å². The molecule has 0 unspecified atom stereocenters. The molecule has 13 aromatic rings. The first-order chi connectivity index (χ1) is 32.1. The van der Waals surface area contributed by atoms with Crippen LogP contribution in [0.25, 0.3) is 128 Å². The second kappa shape index (κ2) is 13.7. The molecule has 5 heterocycles. The zero-order chi connectivity index (χ0) is 42.8. The van der Waals surface area contributed by atoms with Crippen molar-refractivity contribution in [1.29, 1.82) is 0 Å². The van der Waals surface area contributed by atoms with E-state index >= 15 is 0 Å². The number of aromatic hydroxyl groups is 1. The van der Waals surface area contributed by atoms with Crippen molar-refractivity contribution < 1.29 is 18.4 Å². The maximum atomic E-state index is 11.5. The maximum absolute atomic E-state index is 11.5. The largest absolute Gasteiger partial charge is 0.507 e. The number of benzene rings is 8. The molecule has 0 aliphatic heterocycles. The van der Waals surface area contributed by atoms with Crippen LogP contribution in [-0.4, -0.2) is 19.6 Å². The molecule has 1 aliphatic rings. The summed E-state index contributed by atoms with van der Waals surface area (Å²) in [7, 11) is 0. The number of pyridine rings is 1. The molecule has 7 heteroatoms. The van der Waals surface area contributed by atoms with E-state index in [2.05, 4.69) is 126 Å². The van der Waals surface area contributed by atoms with Gasteiger partial charge in [0, 0.05) is 55.7 Å². The number of para-hydroxylation sites is 2. The van der Waals surface area contributed by atoms with Crippen molar-refractivity contribution in [3.63, 3.8) is 0 Å². The Bertz CT molecular complexity index is 4090. The second-order valence-electron chi connectivity index (χ2n) is 17.0. The highest BCUT2D eigenvalue weighted by molar-refractivity contribution is 6.09. The van der Waals surface area contributed by atoms with Gasteiger partial charge in [-0.3, -0.25) is 4.57 Å². The summed E-state index contributed by atoms with van der Waals surface area (Å²) in [4.78, 5) is 10.9. The zero-order valence-corrected chi connectivity index (χ0v) is 34.7. The quantitative estimate of drug-likeness (QED) is 0.186. The van der Waals surface area contributed by atoms with Crippen molar-refractivity contribution in [2.75, 3.05) is 0 Å². The number of nitrogens with zero attached hydrogens (tertiary/aromatic N) is 3. The lowest BCUT2D eigenvalue weighted by Crippen LogP contribution is -2.09. The van der Waals surface area contributed by atoms with Gasteiger partial charge in [0.1, 0.15) is 50.8 Å². The predicted molar refractivity (Wildman–Crippen MR) is 259 cm³/mol. The van der Waals surface area contributed by atoms with Crippen molar-refractivity contribution in [3.8, 4) is 67.7 Å². The van der Waals surface area contributed by atoms with Crippen LogP contribution in [-0.2, 0) is 12.8 Å². The minimum absolute atomic E-state index is 0.219. The highest BCUT2D eigenvalue weighted by Crippen LogP contribution is 2.45. The zero-order valence-electron chi connectivity index (χ0n) is 34.7. The highest BCUT2D eigenvalue weighted by Gasteiger charge is 2.27. The third kappa shape index (κ3) is 5.55. The van der Waals surface area contributed by atoms with E-state index in [4.69, 9.17) is 23.2 Å². The number of aromatic nitrogens is 3. The van der Waals surface area contributed by atoms with E-state index in [0.29, 0.717) is 11.4 Å². The average molecular weight is 838 g/mol. The molecule has 1 N–H and O–H groups in total. The molecule has 0 bridgehead atoms. The molecule has 65 heavy (non-hydrogen) atoms. The fourth-order valence-electron chi connectivity index (χ4n) is 10.1. The fraction of sp³-hybridized carbons (Fsp3) is 0.0345. The summed E-state index contributed by atoms with van der Waals surface area (Å²) in [6.07, 6.45) is 3.65. The molecule has 1 aliphatic carbocycles. The maximum Gasteiger partial charge on any atom is 0.145 e. The first-order valence-corrected chi connectivity index (χ1v) is 21.9. The van der Waals surface area contributed by atoms with Gasteiger partial charge in [-0.25, -0.2) is 9.97 Å². The van der Waals surface area contributed by atoms with Crippen LogP contribution in [0.15, 0.2) is 195 Å². The van der Waals surface area contributed by atoms with Gasteiger partial charge in [0.05, 0.1) is 17.1 Å². The SMILES string of the molecule is Oc1cccc2c1-c1nc(-c3cn(-c4ccc5c(c4)oc4ccccc45)c(-c4ccc5oc6ccc(-c7ccccc7)cc6c5c4)n3)cc(-c3ccc4oc5ccccc5c4c3)c1CC2. The minimum atomic E-state index is 0.219. The van der Waals surface area contributed by atoms with E-state index in [1.807, 2.05) is 54.6 Å². The van der Waals surface area contributed by atoms with E-state index in [0.717, 1.165) is 140 Å². The molecular formula is C58H35N3O4. The summed E-state index contributed by atoms with van der Waals surface area (Å²) in [5.74, 6) is 0.957. The Morgan fingerprint density at radius 3 is 1.83 bits per heavy atom. The van der Waals surface area contributed by atoms with E-state index in [9.17, 15) is 5.11 Å². The van der Waals surface area contributed by atoms with E-state index < -0.39 is 0 Å². The predicted octanol–water partition coefficient (Wildman–Crippen LogP) is 15.1. The number of aryl methyl sites for hydroxylation is 1. The van der Waals surface area contributed by atoms with Gasteiger partial charge in [-0.15, -0.1) is 0 Å². The molecule has 0 saturated carbocycles. The van der Waals surface area contributed by atoms with E-state index in [-0.39, 0.29) is 5.75 Å². The first kappa shape index (κ1) is 35.9. The number of rotatable bonds is 5. The van der Waals surface area contributed by atoms with Crippen LogP contribution in [0, 0.1) is 0 Å². The van der Waals surface area contributed by atoms with Crippen LogP contribution >= 0.6 is 0 Å². The molecular weight excluding hydrogens is 803 g/mol. The standard InChI is InChI=1S/C58H35N3O4/c62-49-14-8-11-34-17-22-42-43(36-19-25-52-44(28-36)40-13-5-7-16-51(40)63-52)31-47(59-57(42)56(34)49)48-32-61(38-21-23-41-39-12-4-6-15-50(39)65-55(41)30-38)58(60-48)37-20-26-54-46(29-37)45-27-35(18-24-53(45)64-54)33-9-2-1-3-10-33/h1-16,18-21,23-32,62H,17,22H2. The van der Waals surface area contributed by atoms with Crippen molar-refractivity contribution in [2.24, 2.45) is 0 Å². The Morgan fingerprint density at radius 2 is 1.05 bits per heavy atom. The smallest absolute Gasteiger partial charge is 0.145 e. The Hall–Kier alpha value is -8.68. The number of fused-ring (bicyclic) bond motifs is 12. The third-order valence-electron chi connectivity index (χ3n) is 13.3.